The van der Waals surface area contributed by atoms with Gasteiger partial charge in [-0.3, -0.25) is 19.1 Å². The van der Waals surface area contributed by atoms with Crippen LogP contribution in [-0.2, 0) is 39.0 Å². The van der Waals surface area contributed by atoms with Crippen LogP contribution >= 0.6 is 0 Å². The predicted octanol–water partition coefficient (Wildman–Crippen LogP) is 6.36. The number of aromatic nitrogens is 1. The number of nitrogens with one attached hydrogen (secondary N) is 1. The van der Waals surface area contributed by atoms with Gasteiger partial charge in [0.05, 0.1) is 12.1 Å². The van der Waals surface area contributed by atoms with Gasteiger partial charge in [0.25, 0.3) is 5.91 Å². The molecule has 0 radical (unpaired) electrons. The van der Waals surface area contributed by atoms with Gasteiger partial charge in [-0.1, -0.05) is 52.0 Å². The molecular weight excluding hydrogens is 741 g/mol. The number of esters is 1. The number of aryl methyl sites for hydroxylation is 2. The molecule has 0 aliphatic carbocycles. The lowest BCUT2D eigenvalue weighted by atomic mass is 9.98. The fourth-order valence-electron chi connectivity index (χ4n) is 8.44. The smallest absolute Gasteiger partial charge is 0.419 e. The molecular formula is C44H64N6O8. The zero-order valence-electron chi connectivity index (χ0n) is 34.3. The lowest BCUT2D eigenvalue weighted by molar-refractivity contribution is -0.148. The second-order valence-electron chi connectivity index (χ2n) is 16.2. The van der Waals surface area contributed by atoms with Crippen molar-refractivity contribution in [2.24, 2.45) is 13.0 Å². The van der Waals surface area contributed by atoms with E-state index in [1.54, 1.807) is 22.9 Å². The molecule has 4 aliphatic rings. The highest BCUT2D eigenvalue weighted by atomic mass is 16.6. The number of hydrogen-bond acceptors (Lipinski definition) is 9. The first kappa shape index (κ1) is 44.3. The summed E-state index contributed by atoms with van der Waals surface area (Å²) in [7, 11) is 3.65. The van der Waals surface area contributed by atoms with Crippen LogP contribution in [0.5, 0.6) is 0 Å². The van der Waals surface area contributed by atoms with Gasteiger partial charge in [-0.25, -0.2) is 14.4 Å². The number of rotatable bonds is 9. The van der Waals surface area contributed by atoms with Crippen LogP contribution in [0, 0.1) is 12.8 Å². The lowest BCUT2D eigenvalue weighted by Gasteiger charge is -2.38. The normalized spacial score (nSPS) is 19.6. The minimum atomic E-state index is -1.00. The molecule has 4 aliphatic heterocycles. The predicted molar refractivity (Wildman–Crippen MR) is 224 cm³/mol. The molecule has 4 amide bonds. The first-order chi connectivity index (χ1) is 27.4. The summed E-state index contributed by atoms with van der Waals surface area (Å²) >= 11 is 0. The van der Waals surface area contributed by atoms with E-state index >= 15 is 0 Å². The van der Waals surface area contributed by atoms with Crippen molar-refractivity contribution in [3.8, 4) is 0 Å². The third-order valence-electron chi connectivity index (χ3n) is 12.0. The first-order valence-corrected chi connectivity index (χ1v) is 20.8. The number of fused-ring (bicyclic) bond motifs is 2. The maximum Gasteiger partial charge on any atom is 0.419 e. The summed E-state index contributed by atoms with van der Waals surface area (Å²) in [5.41, 5.74) is 4.72. The Labute approximate surface area is 342 Å². The number of likely N-dealkylation sites (tertiary alicyclic amines) is 3. The van der Waals surface area contributed by atoms with Crippen molar-refractivity contribution in [2.45, 2.75) is 111 Å². The van der Waals surface area contributed by atoms with E-state index in [0.717, 1.165) is 73.9 Å². The maximum atomic E-state index is 13.8. The Hall–Kier alpha value is -4.85. The van der Waals surface area contributed by atoms with Gasteiger partial charge in [0.2, 0.25) is 0 Å². The molecule has 1 aromatic heterocycles. The topological polar surface area (TPSA) is 147 Å². The number of piperidine rings is 2. The zero-order chi connectivity index (χ0) is 40.6. The summed E-state index contributed by atoms with van der Waals surface area (Å²) in [6.45, 7) is 10.5. The van der Waals surface area contributed by atoms with Crippen LogP contribution in [0.25, 0.3) is 11.1 Å². The molecule has 5 heterocycles. The molecule has 3 fully saturated rings. The van der Waals surface area contributed by atoms with Crippen LogP contribution < -0.4 is 11.1 Å². The van der Waals surface area contributed by atoms with E-state index in [1.807, 2.05) is 49.2 Å². The highest BCUT2D eigenvalue weighted by Gasteiger charge is 2.35. The number of anilines is 1. The Bertz CT molecular complexity index is 1940. The van der Waals surface area contributed by atoms with Crippen LogP contribution in [0.2, 0.25) is 0 Å². The number of para-hydroxylation sites is 1. The average molecular weight is 805 g/mol. The molecule has 3 saturated heterocycles. The van der Waals surface area contributed by atoms with Gasteiger partial charge in [-0.05, 0) is 107 Å². The SMILES string of the molecule is C.CCCCOC(=O)[C@@H]1CCCN1C.Cc1cc(C[C@@H](OC(=O)N2CCC(N3CCc4ccccc4NC3=O)CC2)C(=O)N2CCC(C)CC2)cc2oc(=O)n(C)c12. The molecule has 0 bridgehead atoms. The van der Waals surface area contributed by atoms with E-state index < -0.39 is 18.0 Å². The minimum absolute atomic E-state index is 0. The lowest BCUT2D eigenvalue weighted by Crippen LogP contribution is -2.51. The summed E-state index contributed by atoms with van der Waals surface area (Å²) in [5.74, 6) is -0.137. The van der Waals surface area contributed by atoms with E-state index in [1.165, 1.54) is 4.57 Å². The summed E-state index contributed by atoms with van der Waals surface area (Å²) in [6.07, 6.45) is 6.63. The Morgan fingerprint density at radius 2 is 1.64 bits per heavy atom. The Morgan fingerprint density at radius 3 is 2.33 bits per heavy atom. The van der Waals surface area contributed by atoms with Gasteiger partial charge < -0.3 is 33.9 Å². The molecule has 0 spiro atoms. The van der Waals surface area contributed by atoms with Crippen molar-refractivity contribution in [2.75, 3.05) is 58.2 Å². The van der Waals surface area contributed by atoms with Crippen molar-refractivity contribution < 1.29 is 33.1 Å². The number of amides is 4. The molecule has 318 valence electrons. The molecule has 14 nitrogen and oxygen atoms in total. The Balaban J connectivity index is 0.000000392. The van der Waals surface area contributed by atoms with E-state index in [0.29, 0.717) is 69.2 Å². The van der Waals surface area contributed by atoms with Gasteiger partial charge in [0, 0.05) is 57.9 Å². The number of urea groups is 1. The summed E-state index contributed by atoms with van der Waals surface area (Å²) < 4.78 is 18.0. The van der Waals surface area contributed by atoms with Crippen molar-refractivity contribution in [3.05, 3.63) is 63.6 Å². The van der Waals surface area contributed by atoms with Crippen LogP contribution in [0.15, 0.2) is 45.6 Å². The number of ether oxygens (including phenoxy) is 2. The molecule has 1 N–H and O–H groups in total. The molecule has 0 unspecified atom stereocenters. The third kappa shape index (κ3) is 10.6. The van der Waals surface area contributed by atoms with Crippen LogP contribution in [0.3, 0.4) is 0 Å². The molecule has 2 atom stereocenters. The fraction of sp³-hybridized carbons (Fsp3) is 0.614. The fourth-order valence-corrected chi connectivity index (χ4v) is 8.44. The maximum absolute atomic E-state index is 13.8. The standard InChI is InChI=1S/C33H41N5O6.C10H19NO2.CH4/c1-21-8-13-36(14-9-21)30(39)28(20-23-18-22(2)29-27(19-23)43-32(41)35(29)3)44-33(42)37-15-11-25(12-16-37)38-17-10-24-6-4-5-7-26(24)34-31(38)40;1-3-4-8-13-10(12)9-6-5-7-11(9)2;/h4-7,18-19,21,25,28H,8-17,20H2,1-3H3,(H,34,40);9H,3-8H2,1-2H3;1H4/t28-;9-;/m10./s1. The second-order valence-corrected chi connectivity index (χ2v) is 16.2. The Morgan fingerprint density at radius 1 is 0.931 bits per heavy atom. The minimum Gasteiger partial charge on any atom is -0.465 e. The van der Waals surface area contributed by atoms with Gasteiger partial charge in [0.1, 0.15) is 6.04 Å². The van der Waals surface area contributed by atoms with Gasteiger partial charge >= 0.3 is 23.8 Å². The third-order valence-corrected chi connectivity index (χ3v) is 12.0. The van der Waals surface area contributed by atoms with E-state index in [-0.39, 0.29) is 43.8 Å². The van der Waals surface area contributed by atoms with Gasteiger partial charge in [-0.15, -0.1) is 0 Å². The second kappa shape index (κ2) is 20.2. The molecule has 14 heteroatoms. The van der Waals surface area contributed by atoms with E-state index in [2.05, 4.69) is 24.1 Å². The molecule has 3 aromatic rings. The Kier molecular flexibility index (Phi) is 15.4. The van der Waals surface area contributed by atoms with Crippen molar-refractivity contribution in [1.29, 1.82) is 0 Å². The summed E-state index contributed by atoms with van der Waals surface area (Å²) in [5, 5.41) is 3.03. The highest BCUT2D eigenvalue weighted by molar-refractivity contribution is 5.91. The quantitative estimate of drug-likeness (QED) is 0.193. The van der Waals surface area contributed by atoms with Crippen molar-refractivity contribution in [1.82, 2.24) is 24.2 Å². The van der Waals surface area contributed by atoms with Crippen molar-refractivity contribution in [3.63, 3.8) is 0 Å². The number of nitrogens with zero attached hydrogens (tertiary/aromatic N) is 5. The number of likely N-dealkylation sites (N-methyl/N-ethyl adjacent to an activating group) is 1. The van der Waals surface area contributed by atoms with Gasteiger partial charge in [0.15, 0.2) is 11.7 Å². The summed E-state index contributed by atoms with van der Waals surface area (Å²) in [4.78, 5) is 71.3. The molecule has 7 rings (SSSR count). The van der Waals surface area contributed by atoms with Crippen molar-refractivity contribution >= 4 is 40.8 Å². The van der Waals surface area contributed by atoms with E-state index in [9.17, 15) is 24.0 Å². The summed E-state index contributed by atoms with van der Waals surface area (Å²) in [6, 6.07) is 11.5. The van der Waals surface area contributed by atoms with Gasteiger partial charge in [-0.2, -0.15) is 0 Å². The van der Waals surface area contributed by atoms with Crippen LogP contribution in [0.1, 0.15) is 89.3 Å². The van der Waals surface area contributed by atoms with E-state index in [4.69, 9.17) is 13.9 Å². The number of carbonyl (C=O) groups is 4. The molecule has 58 heavy (non-hydrogen) atoms. The average Bonchev–Trinajstić information content (AvgIpc) is 3.70. The van der Waals surface area contributed by atoms with Crippen LogP contribution in [-0.4, -0.2) is 119 Å². The largest absolute Gasteiger partial charge is 0.465 e. The highest BCUT2D eigenvalue weighted by Crippen LogP contribution is 2.27. The molecule has 0 saturated carbocycles. The number of benzene rings is 2. The number of hydrogen-bond donors (Lipinski definition) is 1. The zero-order valence-corrected chi connectivity index (χ0v) is 34.3. The monoisotopic (exact) mass is 804 g/mol. The first-order valence-electron chi connectivity index (χ1n) is 20.8. The van der Waals surface area contributed by atoms with Crippen LogP contribution in [0.4, 0.5) is 15.3 Å². The number of carbonyl (C=O) groups excluding carboxylic acids is 4. The molecule has 2 aromatic carbocycles. The number of unbranched alkanes of at least 4 members (excludes halogenated alkanes) is 1. The number of oxazole rings is 1.